The summed E-state index contributed by atoms with van der Waals surface area (Å²) in [6.07, 6.45) is 1.15. The Bertz CT molecular complexity index is 1110. The number of nitrogens with two attached hydrogens (primary N) is 1. The van der Waals surface area contributed by atoms with Crippen molar-refractivity contribution >= 4 is 29.4 Å². The first-order chi connectivity index (χ1) is 15.9. The van der Waals surface area contributed by atoms with E-state index < -0.39 is 12.2 Å². The molecule has 2 atom stereocenters. The van der Waals surface area contributed by atoms with Crippen LogP contribution in [0.15, 0.2) is 53.0 Å². The summed E-state index contributed by atoms with van der Waals surface area (Å²) in [5.74, 6) is 0.0143. The SMILES string of the molecule is CCCNC(=O)C1=Cc2ccc(-c3ccc(C(=O)N4CC(O)C(O)C4)cc3)cc2N=C(N)C1. The molecule has 2 aliphatic heterocycles. The standard InChI is InChI=1S/C25H28N4O4/c1-2-9-27-24(32)19-10-18-8-7-17(11-20(18)28-23(26)12-19)15-3-5-16(6-4-15)25(33)29-13-21(30)22(31)14-29/h3-8,10-11,21-22,30-31H,2,9,12-14H2,1H3,(H2,26,28)(H,27,32). The van der Waals surface area contributed by atoms with Crippen molar-refractivity contribution in [3.63, 3.8) is 0 Å². The zero-order chi connectivity index (χ0) is 23.5. The fourth-order valence-electron chi connectivity index (χ4n) is 3.99. The second-order valence-electron chi connectivity index (χ2n) is 8.40. The van der Waals surface area contributed by atoms with Crippen LogP contribution in [0.2, 0.25) is 0 Å². The maximum absolute atomic E-state index is 12.6. The minimum atomic E-state index is -0.909. The number of carbonyl (C=O) groups is 2. The van der Waals surface area contributed by atoms with Crippen molar-refractivity contribution in [2.75, 3.05) is 19.6 Å². The van der Waals surface area contributed by atoms with Crippen LogP contribution in [0.25, 0.3) is 17.2 Å². The first-order valence-electron chi connectivity index (χ1n) is 11.1. The van der Waals surface area contributed by atoms with Crippen LogP contribution < -0.4 is 11.1 Å². The van der Waals surface area contributed by atoms with E-state index in [-0.39, 0.29) is 31.3 Å². The summed E-state index contributed by atoms with van der Waals surface area (Å²) in [7, 11) is 0. The van der Waals surface area contributed by atoms with Crippen LogP contribution in [0.4, 0.5) is 5.69 Å². The Labute approximate surface area is 192 Å². The highest BCUT2D eigenvalue weighted by molar-refractivity contribution is 6.05. The van der Waals surface area contributed by atoms with Gasteiger partial charge in [0.2, 0.25) is 5.91 Å². The molecule has 2 aliphatic rings. The maximum atomic E-state index is 12.6. The summed E-state index contributed by atoms with van der Waals surface area (Å²) in [6.45, 7) is 2.85. The normalized spacial score (nSPS) is 19.9. The number of amidine groups is 1. The van der Waals surface area contributed by atoms with Gasteiger partial charge in [-0.1, -0.05) is 31.2 Å². The molecule has 2 aromatic rings. The smallest absolute Gasteiger partial charge is 0.254 e. The molecule has 2 unspecified atom stereocenters. The predicted octanol–water partition coefficient (Wildman–Crippen LogP) is 1.83. The van der Waals surface area contributed by atoms with E-state index in [1.807, 2.05) is 43.3 Å². The number of likely N-dealkylation sites (tertiary alicyclic amines) is 1. The van der Waals surface area contributed by atoms with E-state index in [1.54, 1.807) is 12.1 Å². The van der Waals surface area contributed by atoms with Gasteiger partial charge < -0.3 is 26.2 Å². The van der Waals surface area contributed by atoms with Crippen LogP contribution >= 0.6 is 0 Å². The second-order valence-corrected chi connectivity index (χ2v) is 8.40. The summed E-state index contributed by atoms with van der Waals surface area (Å²) >= 11 is 0. The Morgan fingerprint density at radius 1 is 1.09 bits per heavy atom. The molecule has 5 N–H and O–H groups in total. The van der Waals surface area contributed by atoms with E-state index in [2.05, 4.69) is 10.3 Å². The van der Waals surface area contributed by atoms with E-state index in [0.29, 0.717) is 29.2 Å². The molecular weight excluding hydrogens is 420 g/mol. The van der Waals surface area contributed by atoms with Crippen LogP contribution in [0.1, 0.15) is 35.7 Å². The Kier molecular flexibility index (Phi) is 6.57. The van der Waals surface area contributed by atoms with Gasteiger partial charge in [0, 0.05) is 42.8 Å². The third kappa shape index (κ3) is 4.97. The Balaban J connectivity index is 1.55. The lowest BCUT2D eigenvalue weighted by atomic mass is 10.00. The van der Waals surface area contributed by atoms with Gasteiger partial charge in [-0.25, -0.2) is 4.99 Å². The van der Waals surface area contributed by atoms with Crippen molar-refractivity contribution < 1.29 is 19.8 Å². The molecule has 2 heterocycles. The number of nitrogens with zero attached hydrogens (tertiary/aromatic N) is 2. The molecule has 0 aliphatic carbocycles. The highest BCUT2D eigenvalue weighted by Crippen LogP contribution is 2.32. The molecule has 172 valence electrons. The monoisotopic (exact) mass is 448 g/mol. The zero-order valence-electron chi connectivity index (χ0n) is 18.5. The van der Waals surface area contributed by atoms with E-state index in [0.717, 1.165) is 23.1 Å². The topological polar surface area (TPSA) is 128 Å². The number of aliphatic hydroxyl groups excluding tert-OH is 2. The van der Waals surface area contributed by atoms with Crippen LogP contribution in [-0.2, 0) is 4.79 Å². The number of rotatable bonds is 5. The van der Waals surface area contributed by atoms with Gasteiger partial charge in [-0.15, -0.1) is 0 Å². The number of nitrogens with one attached hydrogen (secondary N) is 1. The first-order valence-corrected chi connectivity index (χ1v) is 11.1. The summed E-state index contributed by atoms with van der Waals surface area (Å²) in [4.78, 5) is 31.0. The van der Waals surface area contributed by atoms with Gasteiger partial charge in [-0.05, 0) is 41.8 Å². The molecule has 33 heavy (non-hydrogen) atoms. The zero-order valence-corrected chi connectivity index (χ0v) is 18.5. The number of carbonyl (C=O) groups excluding carboxylic acids is 2. The highest BCUT2D eigenvalue weighted by Gasteiger charge is 2.32. The number of aliphatic hydroxyl groups is 2. The minimum absolute atomic E-state index is 0.123. The van der Waals surface area contributed by atoms with Gasteiger partial charge in [-0.2, -0.15) is 0 Å². The molecule has 0 bridgehead atoms. The summed E-state index contributed by atoms with van der Waals surface area (Å²) in [5.41, 5.74) is 10.5. The number of hydrogen-bond donors (Lipinski definition) is 4. The number of benzene rings is 2. The van der Waals surface area contributed by atoms with Gasteiger partial charge in [0.05, 0.1) is 17.9 Å². The Morgan fingerprint density at radius 2 is 1.76 bits per heavy atom. The fraction of sp³-hybridized carbons (Fsp3) is 0.320. The lowest BCUT2D eigenvalue weighted by molar-refractivity contribution is -0.117. The van der Waals surface area contributed by atoms with E-state index in [9.17, 15) is 19.8 Å². The van der Waals surface area contributed by atoms with Gasteiger partial charge in [0.1, 0.15) is 5.84 Å². The van der Waals surface area contributed by atoms with Crippen LogP contribution in [-0.4, -0.2) is 64.6 Å². The molecule has 1 saturated heterocycles. The van der Waals surface area contributed by atoms with E-state index in [4.69, 9.17) is 5.73 Å². The van der Waals surface area contributed by atoms with Crippen molar-refractivity contribution in [3.05, 3.63) is 59.2 Å². The maximum Gasteiger partial charge on any atom is 0.254 e. The Morgan fingerprint density at radius 3 is 2.42 bits per heavy atom. The van der Waals surface area contributed by atoms with Gasteiger partial charge in [-0.3, -0.25) is 9.59 Å². The number of amides is 2. The molecular formula is C25H28N4O4. The van der Waals surface area contributed by atoms with Crippen molar-refractivity contribution in [2.45, 2.75) is 32.0 Å². The highest BCUT2D eigenvalue weighted by atomic mass is 16.3. The summed E-state index contributed by atoms with van der Waals surface area (Å²) in [6, 6.07) is 12.9. The number of aliphatic imine (C=N–C) groups is 1. The summed E-state index contributed by atoms with van der Waals surface area (Å²) in [5, 5.41) is 22.3. The molecule has 8 heteroatoms. The number of fused-ring (bicyclic) bond motifs is 1. The lowest BCUT2D eigenvalue weighted by Crippen LogP contribution is -2.29. The molecule has 0 spiro atoms. The van der Waals surface area contributed by atoms with Crippen molar-refractivity contribution in [3.8, 4) is 11.1 Å². The Hall–Kier alpha value is -3.49. The van der Waals surface area contributed by atoms with Gasteiger partial charge >= 0.3 is 0 Å². The van der Waals surface area contributed by atoms with Crippen molar-refractivity contribution in [2.24, 2.45) is 10.7 Å². The molecule has 2 amide bonds. The van der Waals surface area contributed by atoms with Gasteiger partial charge in [0.15, 0.2) is 0 Å². The third-order valence-corrected chi connectivity index (χ3v) is 5.83. The van der Waals surface area contributed by atoms with Gasteiger partial charge in [0.25, 0.3) is 5.91 Å². The largest absolute Gasteiger partial charge is 0.388 e. The molecule has 0 aromatic heterocycles. The molecule has 1 fully saturated rings. The minimum Gasteiger partial charge on any atom is -0.388 e. The molecule has 0 saturated carbocycles. The summed E-state index contributed by atoms with van der Waals surface area (Å²) < 4.78 is 0. The lowest BCUT2D eigenvalue weighted by Gasteiger charge is -2.15. The quantitative estimate of drug-likeness (QED) is 0.555. The third-order valence-electron chi connectivity index (χ3n) is 5.83. The van der Waals surface area contributed by atoms with E-state index in [1.165, 1.54) is 4.90 Å². The number of hydrogen-bond acceptors (Lipinski definition) is 6. The average molecular weight is 449 g/mol. The van der Waals surface area contributed by atoms with Crippen LogP contribution in [0.5, 0.6) is 0 Å². The average Bonchev–Trinajstić information content (AvgIpc) is 3.05. The molecule has 0 radical (unpaired) electrons. The fourth-order valence-corrected chi connectivity index (χ4v) is 3.99. The first kappa shape index (κ1) is 22.7. The molecule has 4 rings (SSSR count). The van der Waals surface area contributed by atoms with Crippen molar-refractivity contribution in [1.82, 2.24) is 10.2 Å². The van der Waals surface area contributed by atoms with E-state index >= 15 is 0 Å². The number of β-amino-alcohol motifs (C(OH)–C–C–N with tert-alkyl or cyclic N) is 2. The second kappa shape index (κ2) is 9.56. The van der Waals surface area contributed by atoms with Crippen LogP contribution in [0, 0.1) is 0 Å². The molecule has 8 nitrogen and oxygen atoms in total. The molecule has 2 aromatic carbocycles. The van der Waals surface area contributed by atoms with Crippen LogP contribution in [0.3, 0.4) is 0 Å². The van der Waals surface area contributed by atoms with Crippen molar-refractivity contribution in [1.29, 1.82) is 0 Å². The predicted molar refractivity (Wildman–Crippen MR) is 127 cm³/mol.